The second-order valence-electron chi connectivity index (χ2n) is 7.81. The molecule has 5 N–H and O–H groups in total. The van der Waals surface area contributed by atoms with Gasteiger partial charge in [-0.05, 0) is 48.0 Å². The number of fused-ring (bicyclic) bond motifs is 1. The van der Waals surface area contributed by atoms with E-state index in [0.29, 0.717) is 11.3 Å². The third-order valence-electron chi connectivity index (χ3n) is 5.24. The van der Waals surface area contributed by atoms with Crippen molar-refractivity contribution in [2.45, 2.75) is 11.8 Å². The summed E-state index contributed by atoms with van der Waals surface area (Å²) in [6.45, 7) is 1.35. The highest BCUT2D eigenvalue weighted by molar-refractivity contribution is 7.89. The molecule has 4 aromatic rings. The van der Waals surface area contributed by atoms with Crippen LogP contribution in [-0.4, -0.2) is 36.5 Å². The van der Waals surface area contributed by atoms with Crippen LogP contribution in [0, 0.1) is 11.3 Å². The van der Waals surface area contributed by atoms with Crippen molar-refractivity contribution in [3.63, 3.8) is 0 Å². The molecule has 37 heavy (non-hydrogen) atoms. The van der Waals surface area contributed by atoms with Gasteiger partial charge in [-0.25, -0.2) is 18.4 Å². The Kier molecular flexibility index (Phi) is 6.45. The van der Waals surface area contributed by atoms with E-state index in [2.05, 4.69) is 15.8 Å². The third-order valence-corrected chi connectivity index (χ3v) is 6.19. The van der Waals surface area contributed by atoms with E-state index in [0.717, 1.165) is 12.1 Å². The monoisotopic (exact) mass is 519 g/mol. The lowest BCUT2D eigenvalue weighted by Crippen LogP contribution is -2.16. The molecule has 1 heterocycles. The number of carboxylic acid groups (broad SMARTS) is 1. The lowest BCUT2D eigenvalue weighted by Gasteiger charge is -2.10. The van der Waals surface area contributed by atoms with E-state index < -0.39 is 21.9 Å². The normalized spacial score (nSPS) is 11.1. The van der Waals surface area contributed by atoms with Gasteiger partial charge in [-0.15, -0.1) is 0 Å². The largest absolute Gasteiger partial charge is 0.478 e. The number of anilines is 2. The smallest absolute Gasteiger partial charge is 0.337 e. The predicted molar refractivity (Wildman–Crippen MR) is 131 cm³/mol. The topological polar surface area (TPSA) is 205 Å². The number of rotatable bonds is 6. The maximum atomic E-state index is 13.0. The van der Waals surface area contributed by atoms with E-state index in [1.165, 1.54) is 25.1 Å². The first kappa shape index (κ1) is 25.0. The first-order valence-electron chi connectivity index (χ1n) is 10.4. The highest BCUT2D eigenvalue weighted by Gasteiger charge is 2.24. The first-order chi connectivity index (χ1) is 17.5. The van der Waals surface area contributed by atoms with Gasteiger partial charge in [-0.1, -0.05) is 17.3 Å². The van der Waals surface area contributed by atoms with Crippen molar-refractivity contribution >= 4 is 50.2 Å². The van der Waals surface area contributed by atoms with Crippen LogP contribution in [0.5, 0.6) is 0 Å². The Morgan fingerprint density at radius 2 is 1.76 bits per heavy atom. The van der Waals surface area contributed by atoms with Crippen LogP contribution in [0.1, 0.15) is 33.3 Å². The molecular formula is C24H17N5O7S. The number of primary sulfonamides is 1. The zero-order valence-corrected chi connectivity index (χ0v) is 19.8. The SMILES string of the molecule is CC(=O)Nc1ccc(-c2cc3onc(C(=O)Nc4ccc(C#N)cc4C(=O)O)c3cc2S(N)(=O)=O)cc1. The Bertz CT molecular complexity index is 1740. The fourth-order valence-electron chi connectivity index (χ4n) is 3.61. The summed E-state index contributed by atoms with van der Waals surface area (Å²) in [6.07, 6.45) is 0. The molecule has 0 aliphatic heterocycles. The summed E-state index contributed by atoms with van der Waals surface area (Å²) in [5.41, 5.74) is 0.517. The number of hydrogen-bond acceptors (Lipinski definition) is 8. The van der Waals surface area contributed by atoms with E-state index in [-0.39, 0.29) is 49.8 Å². The van der Waals surface area contributed by atoms with Crippen LogP contribution in [0.15, 0.2) is 64.0 Å². The molecular weight excluding hydrogens is 502 g/mol. The Labute approximate surface area is 209 Å². The minimum atomic E-state index is -4.29. The second kappa shape index (κ2) is 9.53. The average Bonchev–Trinajstić information content (AvgIpc) is 3.26. The molecule has 186 valence electrons. The number of sulfonamides is 1. The van der Waals surface area contributed by atoms with E-state index >= 15 is 0 Å². The quantitative estimate of drug-likeness (QED) is 0.295. The molecule has 0 fully saturated rings. The summed E-state index contributed by atoms with van der Waals surface area (Å²) in [6, 6.07) is 14.3. The Hall–Kier alpha value is -5.06. The molecule has 0 saturated heterocycles. The van der Waals surface area contributed by atoms with Crippen molar-refractivity contribution in [1.29, 1.82) is 5.26 Å². The predicted octanol–water partition coefficient (Wildman–Crippen LogP) is 2.92. The molecule has 1 aromatic heterocycles. The number of nitrogens with zero attached hydrogens (tertiary/aromatic N) is 2. The van der Waals surface area contributed by atoms with Crippen LogP contribution in [0.2, 0.25) is 0 Å². The maximum absolute atomic E-state index is 13.0. The van der Waals surface area contributed by atoms with E-state index in [9.17, 15) is 27.9 Å². The molecule has 12 nitrogen and oxygen atoms in total. The van der Waals surface area contributed by atoms with Crippen molar-refractivity contribution in [3.05, 3.63) is 71.4 Å². The van der Waals surface area contributed by atoms with Gasteiger partial charge in [0.25, 0.3) is 5.91 Å². The van der Waals surface area contributed by atoms with Gasteiger partial charge in [0.15, 0.2) is 11.3 Å². The van der Waals surface area contributed by atoms with Gasteiger partial charge < -0.3 is 20.3 Å². The number of carboxylic acids is 1. The molecule has 13 heteroatoms. The summed E-state index contributed by atoms with van der Waals surface area (Å²) >= 11 is 0. The molecule has 0 spiro atoms. The molecule has 0 atom stereocenters. The molecule has 0 radical (unpaired) electrons. The molecule has 0 aliphatic rings. The summed E-state index contributed by atoms with van der Waals surface area (Å²) in [4.78, 5) is 35.5. The molecule has 0 unspecified atom stereocenters. The Morgan fingerprint density at radius 1 is 1.05 bits per heavy atom. The molecule has 0 saturated carbocycles. The zero-order valence-electron chi connectivity index (χ0n) is 19.0. The van der Waals surface area contributed by atoms with Crippen LogP contribution in [0.25, 0.3) is 22.1 Å². The van der Waals surface area contributed by atoms with Crippen molar-refractivity contribution in [2.75, 3.05) is 10.6 Å². The van der Waals surface area contributed by atoms with Gasteiger partial charge >= 0.3 is 5.97 Å². The maximum Gasteiger partial charge on any atom is 0.337 e. The second-order valence-corrected chi connectivity index (χ2v) is 9.34. The van der Waals surface area contributed by atoms with E-state index in [1.54, 1.807) is 24.3 Å². The number of carbonyl (C=O) groups is 3. The van der Waals surface area contributed by atoms with Gasteiger partial charge in [0, 0.05) is 18.2 Å². The summed E-state index contributed by atoms with van der Waals surface area (Å²) in [7, 11) is -4.29. The fraction of sp³-hybridized carbons (Fsp3) is 0.0417. The van der Waals surface area contributed by atoms with Crippen LogP contribution in [0.3, 0.4) is 0 Å². The standard InChI is InChI=1S/C24H17N5O7S/c1-12(30)27-15-5-3-14(4-6-15)16-9-20-18(10-21(16)37(26,34)35)22(29-36-20)23(31)28-19-7-2-13(11-25)8-17(19)24(32)33/h2-10H,1H3,(H,27,30)(H,28,31)(H,32,33)(H2,26,34,35). The minimum Gasteiger partial charge on any atom is -0.478 e. The number of benzene rings is 3. The van der Waals surface area contributed by atoms with Gasteiger partial charge in [-0.2, -0.15) is 5.26 Å². The van der Waals surface area contributed by atoms with Crippen molar-refractivity contribution in [1.82, 2.24) is 5.16 Å². The molecule has 4 rings (SSSR count). The number of nitriles is 1. The van der Waals surface area contributed by atoms with E-state index in [4.69, 9.17) is 14.9 Å². The Balaban J connectivity index is 1.77. The van der Waals surface area contributed by atoms with Gasteiger partial charge in [0.2, 0.25) is 15.9 Å². The van der Waals surface area contributed by atoms with Crippen molar-refractivity contribution < 1.29 is 32.4 Å². The number of nitrogens with one attached hydrogen (secondary N) is 2. The molecule has 0 aliphatic carbocycles. The van der Waals surface area contributed by atoms with Gasteiger partial charge in [0.1, 0.15) is 0 Å². The zero-order chi connectivity index (χ0) is 26.9. The van der Waals surface area contributed by atoms with E-state index in [1.807, 2.05) is 6.07 Å². The van der Waals surface area contributed by atoms with Gasteiger partial charge in [-0.3, -0.25) is 9.59 Å². The lowest BCUT2D eigenvalue weighted by atomic mass is 10.0. The first-order valence-corrected chi connectivity index (χ1v) is 12.0. The number of carbonyl (C=O) groups excluding carboxylic acids is 2. The van der Waals surface area contributed by atoms with Crippen LogP contribution >= 0.6 is 0 Å². The fourth-order valence-corrected chi connectivity index (χ4v) is 4.37. The number of amides is 2. The molecule has 0 bridgehead atoms. The van der Waals surface area contributed by atoms with Crippen LogP contribution in [-0.2, 0) is 14.8 Å². The van der Waals surface area contributed by atoms with Crippen molar-refractivity contribution in [3.8, 4) is 17.2 Å². The lowest BCUT2D eigenvalue weighted by molar-refractivity contribution is -0.114. The number of aromatic carboxylic acids is 1. The third kappa shape index (κ3) is 5.15. The van der Waals surface area contributed by atoms with Crippen LogP contribution in [0.4, 0.5) is 11.4 Å². The number of nitrogens with two attached hydrogens (primary N) is 1. The minimum absolute atomic E-state index is 0.0191. The molecule has 2 amide bonds. The summed E-state index contributed by atoms with van der Waals surface area (Å²) in [5, 5.41) is 32.6. The Morgan fingerprint density at radius 3 is 2.35 bits per heavy atom. The number of hydrogen-bond donors (Lipinski definition) is 4. The number of aromatic nitrogens is 1. The summed E-state index contributed by atoms with van der Waals surface area (Å²) in [5.74, 6) is -2.52. The highest BCUT2D eigenvalue weighted by atomic mass is 32.2. The highest BCUT2D eigenvalue weighted by Crippen LogP contribution is 2.33. The summed E-state index contributed by atoms with van der Waals surface area (Å²) < 4.78 is 30.1. The van der Waals surface area contributed by atoms with Gasteiger partial charge in [0.05, 0.1) is 33.2 Å². The molecule has 3 aromatic carbocycles. The average molecular weight is 519 g/mol. The van der Waals surface area contributed by atoms with Crippen LogP contribution < -0.4 is 15.8 Å². The van der Waals surface area contributed by atoms with Crippen molar-refractivity contribution in [2.24, 2.45) is 5.14 Å².